The average Bonchev–Trinajstić information content (AvgIpc) is 2.57. The zero-order chi connectivity index (χ0) is 11.7. The minimum absolute atomic E-state index is 0.0754. The van der Waals surface area contributed by atoms with Crippen LogP contribution in [0.15, 0.2) is 18.2 Å². The summed E-state index contributed by atoms with van der Waals surface area (Å²) in [6.45, 7) is 1.94. The highest BCUT2D eigenvalue weighted by atomic mass is 16.5. The molecule has 1 aliphatic heterocycles. The summed E-state index contributed by atoms with van der Waals surface area (Å²) in [7, 11) is 1.58. The fourth-order valence-corrected chi connectivity index (χ4v) is 1.69. The van der Waals surface area contributed by atoms with E-state index in [0.29, 0.717) is 0 Å². The predicted molar refractivity (Wildman–Crippen MR) is 58.6 cm³/mol. The van der Waals surface area contributed by atoms with E-state index in [9.17, 15) is 9.59 Å². The molecule has 1 N–H and O–H groups in total. The summed E-state index contributed by atoms with van der Waals surface area (Å²) in [6.07, 6.45) is 0. The maximum atomic E-state index is 11.5. The van der Waals surface area contributed by atoms with Crippen molar-refractivity contribution in [3.63, 3.8) is 0 Å². The second-order valence-electron chi connectivity index (χ2n) is 3.59. The Kier molecular flexibility index (Phi) is 2.52. The van der Waals surface area contributed by atoms with E-state index in [4.69, 9.17) is 4.74 Å². The number of hydrogen-bond acceptors (Lipinski definition) is 3. The zero-order valence-corrected chi connectivity index (χ0v) is 9.11. The van der Waals surface area contributed by atoms with E-state index < -0.39 is 0 Å². The van der Waals surface area contributed by atoms with Crippen LogP contribution < -0.4 is 15.0 Å². The smallest absolute Gasteiger partial charge is 0.329 e. The van der Waals surface area contributed by atoms with E-state index in [2.05, 4.69) is 5.32 Å². The van der Waals surface area contributed by atoms with Crippen LogP contribution in [0, 0.1) is 6.92 Å². The number of hydrogen-bond donors (Lipinski definition) is 1. The van der Waals surface area contributed by atoms with Gasteiger partial charge in [-0.25, -0.2) is 4.79 Å². The number of carbonyl (C=O) groups is 2. The van der Waals surface area contributed by atoms with Gasteiger partial charge >= 0.3 is 6.03 Å². The van der Waals surface area contributed by atoms with Crippen LogP contribution >= 0.6 is 0 Å². The standard InChI is InChI=1S/C11H12N2O3/c1-7-5-8(16-2)3-4-9(7)13-6-10(14)12-11(13)15/h3-5H,6H2,1-2H3,(H,12,14,15). The fourth-order valence-electron chi connectivity index (χ4n) is 1.69. The SMILES string of the molecule is COc1ccc(N2CC(=O)NC2=O)c(C)c1. The molecule has 1 heterocycles. The lowest BCUT2D eigenvalue weighted by Crippen LogP contribution is -2.28. The number of methoxy groups -OCH3 is 1. The first kappa shape index (κ1) is 10.5. The van der Waals surface area contributed by atoms with Gasteiger partial charge in [0.2, 0.25) is 5.91 Å². The Hall–Kier alpha value is -2.04. The number of nitrogens with zero attached hydrogens (tertiary/aromatic N) is 1. The fraction of sp³-hybridized carbons (Fsp3) is 0.273. The van der Waals surface area contributed by atoms with Gasteiger partial charge in [-0.1, -0.05) is 0 Å². The molecule has 1 fully saturated rings. The van der Waals surface area contributed by atoms with Gasteiger partial charge in [-0.05, 0) is 30.7 Å². The molecular formula is C11H12N2O3. The maximum Gasteiger partial charge on any atom is 0.329 e. The monoisotopic (exact) mass is 220 g/mol. The Morgan fingerprint density at radius 3 is 2.62 bits per heavy atom. The number of imide groups is 1. The van der Waals surface area contributed by atoms with Crippen LogP contribution in [0.2, 0.25) is 0 Å². The van der Waals surface area contributed by atoms with Crippen LogP contribution in [0.4, 0.5) is 10.5 Å². The van der Waals surface area contributed by atoms with Crippen LogP contribution in [-0.4, -0.2) is 25.6 Å². The molecule has 1 aromatic carbocycles. The number of aryl methyl sites for hydroxylation is 1. The lowest BCUT2D eigenvalue weighted by molar-refractivity contribution is -0.117. The summed E-state index contributed by atoms with van der Waals surface area (Å²) < 4.78 is 5.07. The van der Waals surface area contributed by atoms with Gasteiger partial charge in [-0.2, -0.15) is 0 Å². The van der Waals surface area contributed by atoms with Crippen molar-refractivity contribution < 1.29 is 14.3 Å². The molecule has 0 unspecified atom stereocenters. The summed E-state index contributed by atoms with van der Waals surface area (Å²) in [5.41, 5.74) is 1.62. The molecule has 0 atom stereocenters. The van der Waals surface area contributed by atoms with Crippen molar-refractivity contribution >= 4 is 17.6 Å². The third kappa shape index (κ3) is 1.71. The Balaban J connectivity index is 2.34. The summed E-state index contributed by atoms with van der Waals surface area (Å²) in [4.78, 5) is 23.9. The van der Waals surface area contributed by atoms with E-state index in [1.165, 1.54) is 4.90 Å². The lowest BCUT2D eigenvalue weighted by atomic mass is 10.2. The molecule has 0 bridgehead atoms. The molecule has 0 radical (unpaired) electrons. The van der Waals surface area contributed by atoms with Gasteiger partial charge in [0, 0.05) is 5.69 Å². The van der Waals surface area contributed by atoms with Crippen molar-refractivity contribution in [3.8, 4) is 5.75 Å². The molecule has 16 heavy (non-hydrogen) atoms. The zero-order valence-electron chi connectivity index (χ0n) is 9.11. The highest BCUT2D eigenvalue weighted by Crippen LogP contribution is 2.25. The summed E-state index contributed by atoms with van der Waals surface area (Å²) in [5.74, 6) is 0.451. The van der Waals surface area contributed by atoms with Crippen LogP contribution in [-0.2, 0) is 4.79 Å². The molecule has 0 aromatic heterocycles. The van der Waals surface area contributed by atoms with Gasteiger partial charge < -0.3 is 4.74 Å². The molecule has 1 saturated heterocycles. The van der Waals surface area contributed by atoms with Crippen LogP contribution in [0.5, 0.6) is 5.75 Å². The van der Waals surface area contributed by atoms with Gasteiger partial charge in [-0.15, -0.1) is 0 Å². The second-order valence-corrected chi connectivity index (χ2v) is 3.59. The number of rotatable bonds is 2. The minimum atomic E-state index is -0.377. The molecule has 1 aromatic rings. The van der Waals surface area contributed by atoms with Crippen molar-refractivity contribution in [2.24, 2.45) is 0 Å². The van der Waals surface area contributed by atoms with Crippen molar-refractivity contribution in [1.82, 2.24) is 5.32 Å². The molecule has 1 aliphatic rings. The van der Waals surface area contributed by atoms with E-state index in [1.54, 1.807) is 19.2 Å². The van der Waals surface area contributed by atoms with Gasteiger partial charge in [0.1, 0.15) is 12.3 Å². The van der Waals surface area contributed by atoms with Crippen molar-refractivity contribution in [3.05, 3.63) is 23.8 Å². The van der Waals surface area contributed by atoms with Gasteiger partial charge in [-0.3, -0.25) is 15.0 Å². The molecule has 3 amide bonds. The molecule has 0 aliphatic carbocycles. The number of nitrogens with one attached hydrogen (secondary N) is 1. The number of amides is 3. The second kappa shape index (κ2) is 3.84. The largest absolute Gasteiger partial charge is 0.497 e. The third-order valence-electron chi connectivity index (χ3n) is 2.49. The normalized spacial score (nSPS) is 15.2. The number of urea groups is 1. The van der Waals surface area contributed by atoms with Crippen molar-refractivity contribution in [1.29, 1.82) is 0 Å². The molecule has 5 heteroatoms. The molecule has 0 saturated carbocycles. The molecular weight excluding hydrogens is 208 g/mol. The van der Waals surface area contributed by atoms with E-state index in [1.807, 2.05) is 13.0 Å². The first-order chi connectivity index (χ1) is 7.61. The van der Waals surface area contributed by atoms with E-state index >= 15 is 0 Å². The van der Waals surface area contributed by atoms with Gasteiger partial charge in [0.25, 0.3) is 0 Å². The minimum Gasteiger partial charge on any atom is -0.497 e. The van der Waals surface area contributed by atoms with Crippen LogP contribution in [0.1, 0.15) is 5.56 Å². The Morgan fingerprint density at radius 2 is 2.12 bits per heavy atom. The Bertz CT molecular complexity index is 457. The summed E-state index contributed by atoms with van der Waals surface area (Å²) >= 11 is 0. The van der Waals surface area contributed by atoms with E-state index in [0.717, 1.165) is 17.0 Å². The lowest BCUT2D eigenvalue weighted by Gasteiger charge is -2.16. The third-order valence-corrected chi connectivity index (χ3v) is 2.49. The Labute approximate surface area is 93.0 Å². The summed E-state index contributed by atoms with van der Waals surface area (Å²) in [6, 6.07) is 4.98. The predicted octanol–water partition coefficient (Wildman–Crippen LogP) is 1.06. The first-order valence-electron chi connectivity index (χ1n) is 4.88. The van der Waals surface area contributed by atoms with E-state index in [-0.39, 0.29) is 18.5 Å². The Morgan fingerprint density at radius 1 is 1.38 bits per heavy atom. The molecule has 5 nitrogen and oxygen atoms in total. The van der Waals surface area contributed by atoms with Gasteiger partial charge in [0.05, 0.1) is 7.11 Å². The maximum absolute atomic E-state index is 11.5. The van der Waals surface area contributed by atoms with Gasteiger partial charge in [0.15, 0.2) is 0 Å². The number of anilines is 1. The highest BCUT2D eigenvalue weighted by Gasteiger charge is 2.28. The number of benzene rings is 1. The van der Waals surface area contributed by atoms with Crippen LogP contribution in [0.25, 0.3) is 0 Å². The summed E-state index contributed by atoms with van der Waals surface area (Å²) in [5, 5.41) is 2.24. The van der Waals surface area contributed by atoms with Crippen molar-refractivity contribution in [2.45, 2.75) is 6.92 Å². The van der Waals surface area contributed by atoms with Crippen molar-refractivity contribution in [2.75, 3.05) is 18.6 Å². The van der Waals surface area contributed by atoms with Crippen LogP contribution in [0.3, 0.4) is 0 Å². The molecule has 0 spiro atoms. The quantitative estimate of drug-likeness (QED) is 0.758. The average molecular weight is 220 g/mol. The number of carbonyl (C=O) groups excluding carboxylic acids is 2. The number of ether oxygens (including phenoxy) is 1. The first-order valence-corrected chi connectivity index (χ1v) is 4.88. The molecule has 84 valence electrons. The highest BCUT2D eigenvalue weighted by molar-refractivity contribution is 6.12. The topological polar surface area (TPSA) is 58.6 Å². The molecule has 2 rings (SSSR count).